The van der Waals surface area contributed by atoms with Crippen molar-refractivity contribution in [1.82, 2.24) is 5.32 Å². The molecule has 0 aliphatic heterocycles. The standard InChI is InChI=1S/C18H35N3O5S12/c22-1-3-28-4-2-25-26-5-19-7-29-10-31-12-32-11-30-8-21-18(23)37-16-35-14-33-13-34-15-36-17-38(24)9-20-6-27/h5,9,22,27H,1-4,6-8,10-17H2,(H,21,23). The topological polar surface area (TPSA) is 110 Å². The van der Waals surface area contributed by atoms with Crippen molar-refractivity contribution in [2.75, 3.05) is 83.0 Å². The number of aliphatic hydroxyl groups is 1. The Balaban J connectivity index is 3.24. The highest BCUT2D eigenvalue weighted by Crippen LogP contribution is 2.24. The molecular weight excluding hydrogens is 723 g/mol. The van der Waals surface area contributed by atoms with Crippen molar-refractivity contribution in [3.05, 3.63) is 0 Å². The van der Waals surface area contributed by atoms with Gasteiger partial charge < -0.3 is 15.3 Å². The molecule has 0 aliphatic rings. The molecule has 20 heteroatoms. The number of hydrogen-bond donors (Lipinski definition) is 3. The average molecular weight is 758 g/mol. The summed E-state index contributed by atoms with van der Waals surface area (Å²) >= 11 is 21.1. The second-order valence-corrected chi connectivity index (χ2v) is 20.3. The van der Waals surface area contributed by atoms with E-state index < -0.39 is 10.8 Å². The van der Waals surface area contributed by atoms with Gasteiger partial charge in [-0.2, -0.15) is 29.3 Å². The monoisotopic (exact) mass is 757 g/mol. The van der Waals surface area contributed by atoms with Gasteiger partial charge in [-0.1, -0.05) is 11.8 Å². The van der Waals surface area contributed by atoms with Gasteiger partial charge in [0.2, 0.25) is 6.40 Å². The first-order chi connectivity index (χ1) is 18.7. The van der Waals surface area contributed by atoms with Crippen molar-refractivity contribution < 1.29 is 23.9 Å². The molecule has 224 valence electrons. The Morgan fingerprint density at radius 2 is 1.53 bits per heavy atom. The number of carbonyl (C=O) groups is 1. The van der Waals surface area contributed by atoms with Crippen LogP contribution < -0.4 is 5.32 Å². The number of thiol groups is 1. The molecule has 0 heterocycles. The second kappa shape index (κ2) is 35.7. The van der Waals surface area contributed by atoms with Gasteiger partial charge in [-0.25, -0.2) is 4.99 Å². The van der Waals surface area contributed by atoms with Gasteiger partial charge in [0, 0.05) is 47.1 Å². The van der Waals surface area contributed by atoms with Gasteiger partial charge in [0.25, 0.3) is 5.24 Å². The van der Waals surface area contributed by atoms with E-state index in [0.717, 1.165) is 41.3 Å². The number of thioether (sulfide) groups is 10. The summed E-state index contributed by atoms with van der Waals surface area (Å²) in [5, 5.41) is 18.7. The van der Waals surface area contributed by atoms with Crippen LogP contribution in [0.2, 0.25) is 0 Å². The summed E-state index contributed by atoms with van der Waals surface area (Å²) in [7, 11) is -1.01. The summed E-state index contributed by atoms with van der Waals surface area (Å²) in [6, 6.07) is 0. The minimum absolute atomic E-state index is 0.0292. The molecule has 0 aromatic heterocycles. The van der Waals surface area contributed by atoms with E-state index >= 15 is 0 Å². The lowest BCUT2D eigenvalue weighted by Gasteiger charge is -2.05. The van der Waals surface area contributed by atoms with Crippen molar-refractivity contribution >= 4 is 158 Å². The van der Waals surface area contributed by atoms with Gasteiger partial charge in [0.15, 0.2) is 0 Å². The lowest BCUT2D eigenvalue weighted by molar-refractivity contribution is -0.210. The molecule has 38 heavy (non-hydrogen) atoms. The quantitative estimate of drug-likeness (QED) is 0.0152. The summed E-state index contributed by atoms with van der Waals surface area (Å²) in [6.07, 6.45) is 1.32. The Kier molecular flexibility index (Phi) is 38.1. The van der Waals surface area contributed by atoms with Gasteiger partial charge in [-0.3, -0.25) is 14.0 Å². The Bertz CT molecular complexity index is 613. The number of rotatable bonds is 29. The molecule has 8 nitrogen and oxygen atoms in total. The molecule has 0 bridgehead atoms. The van der Waals surface area contributed by atoms with E-state index in [0.29, 0.717) is 35.1 Å². The van der Waals surface area contributed by atoms with E-state index in [-0.39, 0.29) is 11.8 Å². The van der Waals surface area contributed by atoms with Crippen molar-refractivity contribution in [2.45, 2.75) is 0 Å². The molecule has 0 rings (SSSR count). The predicted molar refractivity (Wildman–Crippen MR) is 196 cm³/mol. The predicted octanol–water partition coefficient (Wildman–Crippen LogP) is 6.24. The van der Waals surface area contributed by atoms with E-state index in [4.69, 9.17) is 14.9 Å². The summed E-state index contributed by atoms with van der Waals surface area (Å²) in [5.74, 6) is 3.13. The molecule has 0 saturated heterocycles. The first kappa shape index (κ1) is 40.5. The summed E-state index contributed by atoms with van der Waals surface area (Å²) in [6.45, 7) is 0.651. The molecule has 0 saturated carbocycles. The summed E-state index contributed by atoms with van der Waals surface area (Å²) in [5.41, 5.74) is 1.46. The number of nitrogens with one attached hydrogen (secondary N) is 1. The molecule has 0 spiro atoms. The fraction of sp³-hybridized carbons (Fsp3) is 0.833. The lowest BCUT2D eigenvalue weighted by Crippen LogP contribution is -2.17. The zero-order valence-corrected chi connectivity index (χ0v) is 30.5. The average Bonchev–Trinajstić information content (AvgIpc) is 2.92. The SMILES string of the molecule is O=C(NCSCSCSCSCN=COOCCSCCO)SCSCSCSCSCS(=O)C=NCS. The number of aliphatic imine (C=N–C) groups is 2. The Morgan fingerprint density at radius 3 is 2.24 bits per heavy atom. The van der Waals surface area contributed by atoms with Crippen molar-refractivity contribution in [3.63, 3.8) is 0 Å². The molecule has 1 unspecified atom stereocenters. The zero-order valence-electron chi connectivity index (χ0n) is 20.7. The van der Waals surface area contributed by atoms with Crippen LogP contribution in [0.3, 0.4) is 0 Å². The molecule has 0 aromatic carbocycles. The Hall–Kier alpha value is 2.53. The van der Waals surface area contributed by atoms with Gasteiger partial charge in [-0.05, 0) is 0 Å². The summed E-state index contributed by atoms with van der Waals surface area (Å²) < 4.78 is 11.5. The third-order valence-corrected chi connectivity index (χ3v) is 16.3. The molecule has 0 fully saturated rings. The van der Waals surface area contributed by atoms with Crippen LogP contribution >= 0.6 is 130 Å². The van der Waals surface area contributed by atoms with Crippen LogP contribution in [0, 0.1) is 0 Å². The highest BCUT2D eigenvalue weighted by Gasteiger charge is 2.02. The highest BCUT2D eigenvalue weighted by molar-refractivity contribution is 8.30. The third kappa shape index (κ3) is 34.7. The minimum atomic E-state index is -1.01. The van der Waals surface area contributed by atoms with Crippen LogP contribution in [-0.2, 0) is 20.6 Å². The minimum Gasteiger partial charge on any atom is -0.396 e. The number of carbonyl (C=O) groups excluding carboxylic acids is 1. The molecule has 0 radical (unpaired) electrons. The normalized spacial score (nSPS) is 12.5. The largest absolute Gasteiger partial charge is 0.396 e. The Labute approximate surface area is 277 Å². The van der Waals surface area contributed by atoms with Crippen LogP contribution in [0.1, 0.15) is 0 Å². The number of amides is 1. The lowest BCUT2D eigenvalue weighted by atomic mass is 10.9. The first-order valence-corrected chi connectivity index (χ1v) is 24.1. The van der Waals surface area contributed by atoms with Crippen LogP contribution in [0.25, 0.3) is 0 Å². The molecule has 1 amide bonds. The van der Waals surface area contributed by atoms with Crippen LogP contribution in [0.4, 0.5) is 4.79 Å². The molecule has 1 atom stereocenters. The zero-order chi connectivity index (χ0) is 27.8. The van der Waals surface area contributed by atoms with Crippen LogP contribution in [0.5, 0.6) is 0 Å². The van der Waals surface area contributed by atoms with Gasteiger partial charge in [0.05, 0.1) is 45.7 Å². The van der Waals surface area contributed by atoms with Crippen LogP contribution in [-0.4, -0.2) is 110 Å². The van der Waals surface area contributed by atoms with Gasteiger partial charge in [0.1, 0.15) is 6.61 Å². The maximum absolute atomic E-state index is 11.9. The molecular formula is C18H35N3O5S12. The number of nitrogens with zero attached hydrogens (tertiary/aromatic N) is 2. The Morgan fingerprint density at radius 1 is 0.868 bits per heavy atom. The molecule has 2 N–H and O–H groups in total. The van der Waals surface area contributed by atoms with Crippen molar-refractivity contribution in [2.24, 2.45) is 9.98 Å². The second-order valence-electron chi connectivity index (χ2n) is 5.81. The fourth-order valence-electron chi connectivity index (χ4n) is 1.57. The molecule has 0 aliphatic carbocycles. The third-order valence-electron chi connectivity index (χ3n) is 2.96. The smallest absolute Gasteiger partial charge is 0.280 e. The molecule has 0 aromatic rings. The maximum Gasteiger partial charge on any atom is 0.280 e. The highest BCUT2D eigenvalue weighted by atomic mass is 32.3. The maximum atomic E-state index is 11.9. The van der Waals surface area contributed by atoms with E-state index in [1.807, 2.05) is 47.0 Å². The van der Waals surface area contributed by atoms with E-state index in [1.54, 1.807) is 58.8 Å². The van der Waals surface area contributed by atoms with Gasteiger partial charge >= 0.3 is 0 Å². The number of hydrogen-bond acceptors (Lipinski definition) is 18. The van der Waals surface area contributed by atoms with E-state index in [1.165, 1.54) is 23.7 Å². The van der Waals surface area contributed by atoms with Gasteiger partial charge in [-0.15, -0.1) is 94.1 Å². The van der Waals surface area contributed by atoms with Crippen LogP contribution in [0.15, 0.2) is 9.98 Å². The van der Waals surface area contributed by atoms with Crippen molar-refractivity contribution in [1.29, 1.82) is 0 Å². The van der Waals surface area contributed by atoms with E-state index in [2.05, 4.69) is 27.9 Å². The van der Waals surface area contributed by atoms with E-state index in [9.17, 15) is 9.00 Å². The number of aliphatic hydroxyl groups excluding tert-OH is 1. The first-order valence-electron chi connectivity index (χ1n) is 10.7. The van der Waals surface area contributed by atoms with Crippen molar-refractivity contribution in [3.8, 4) is 0 Å². The summed E-state index contributed by atoms with van der Waals surface area (Å²) in [4.78, 5) is 29.6. The fourth-order valence-corrected chi connectivity index (χ4v) is 13.6.